The van der Waals surface area contributed by atoms with Crippen LogP contribution in [0.1, 0.15) is 12.5 Å². The van der Waals surface area contributed by atoms with Crippen LogP contribution < -0.4 is 10.5 Å². The first-order valence-electron chi connectivity index (χ1n) is 5.73. The first kappa shape index (κ1) is 12.8. The Kier molecular flexibility index (Phi) is 3.48. The number of methoxy groups -OCH3 is 1. The highest BCUT2D eigenvalue weighted by atomic mass is 35.5. The third-order valence-corrected chi connectivity index (χ3v) is 3.20. The zero-order valence-electron chi connectivity index (χ0n) is 10.7. The molecule has 0 spiro atoms. The second-order valence-corrected chi connectivity index (χ2v) is 4.49. The van der Waals surface area contributed by atoms with Crippen LogP contribution in [0.5, 0.6) is 5.75 Å². The molecule has 0 radical (unpaired) electrons. The van der Waals surface area contributed by atoms with Gasteiger partial charge in [-0.15, -0.1) is 0 Å². The summed E-state index contributed by atoms with van der Waals surface area (Å²) in [6, 6.07) is 5.71. The van der Waals surface area contributed by atoms with Crippen LogP contribution >= 0.6 is 11.6 Å². The van der Waals surface area contributed by atoms with E-state index in [0.29, 0.717) is 10.8 Å². The van der Waals surface area contributed by atoms with Crippen LogP contribution in [0, 0.1) is 0 Å². The minimum atomic E-state index is 0.594. The van der Waals surface area contributed by atoms with Crippen LogP contribution in [0.25, 0.3) is 11.3 Å². The number of aryl methyl sites for hydroxylation is 2. The molecule has 0 bridgehead atoms. The Hall–Kier alpha value is -1.68. The van der Waals surface area contributed by atoms with Crippen LogP contribution in [0.4, 0.5) is 5.82 Å². The second kappa shape index (κ2) is 4.90. The maximum atomic E-state index is 6.22. The number of halogens is 1. The van der Waals surface area contributed by atoms with Gasteiger partial charge in [0.1, 0.15) is 11.6 Å². The van der Waals surface area contributed by atoms with Gasteiger partial charge in [-0.2, -0.15) is 5.10 Å². The van der Waals surface area contributed by atoms with Crippen molar-refractivity contribution in [1.29, 1.82) is 0 Å². The molecule has 1 aromatic carbocycles. The van der Waals surface area contributed by atoms with E-state index in [0.717, 1.165) is 29.0 Å². The molecule has 2 N–H and O–H groups in total. The van der Waals surface area contributed by atoms with Crippen molar-refractivity contribution < 1.29 is 4.74 Å². The van der Waals surface area contributed by atoms with Crippen LogP contribution in [-0.4, -0.2) is 16.9 Å². The lowest BCUT2D eigenvalue weighted by atomic mass is 10.1. The number of hydrogen-bond acceptors (Lipinski definition) is 3. The number of rotatable bonds is 3. The van der Waals surface area contributed by atoms with Crippen molar-refractivity contribution in [3.8, 4) is 17.0 Å². The minimum absolute atomic E-state index is 0.594. The molecule has 2 aromatic rings. The van der Waals surface area contributed by atoms with Gasteiger partial charge in [0.05, 0.1) is 17.8 Å². The number of ether oxygens (including phenoxy) is 1. The van der Waals surface area contributed by atoms with Gasteiger partial charge in [0.25, 0.3) is 0 Å². The first-order chi connectivity index (χ1) is 8.56. The predicted octanol–water partition coefficient (Wildman–Crippen LogP) is 2.89. The molecule has 0 amide bonds. The van der Waals surface area contributed by atoms with Gasteiger partial charge in [-0.1, -0.05) is 18.5 Å². The predicted molar refractivity (Wildman–Crippen MR) is 74.0 cm³/mol. The summed E-state index contributed by atoms with van der Waals surface area (Å²) in [5.41, 5.74) is 8.61. The minimum Gasteiger partial charge on any atom is -0.495 e. The standard InChI is InChI=1S/C13H16ClN3O/c1-4-8-5-9(6-10(14)13(8)18-3)11-7-12(15)17(2)16-11/h5-7H,4,15H2,1-3H3. The van der Waals surface area contributed by atoms with Crippen molar-refractivity contribution in [1.82, 2.24) is 9.78 Å². The van der Waals surface area contributed by atoms with E-state index in [4.69, 9.17) is 22.1 Å². The zero-order valence-corrected chi connectivity index (χ0v) is 11.5. The van der Waals surface area contributed by atoms with Gasteiger partial charge in [-0.05, 0) is 24.1 Å². The number of aromatic nitrogens is 2. The Morgan fingerprint density at radius 1 is 1.39 bits per heavy atom. The van der Waals surface area contributed by atoms with Crippen molar-refractivity contribution in [3.63, 3.8) is 0 Å². The number of anilines is 1. The van der Waals surface area contributed by atoms with E-state index >= 15 is 0 Å². The molecule has 0 aliphatic heterocycles. The quantitative estimate of drug-likeness (QED) is 0.928. The largest absolute Gasteiger partial charge is 0.495 e. The highest BCUT2D eigenvalue weighted by Gasteiger charge is 2.12. The monoisotopic (exact) mass is 265 g/mol. The van der Waals surface area contributed by atoms with Gasteiger partial charge in [0.2, 0.25) is 0 Å². The number of hydrogen-bond donors (Lipinski definition) is 1. The van der Waals surface area contributed by atoms with Gasteiger partial charge in [0.15, 0.2) is 0 Å². The molecule has 2 rings (SSSR count). The summed E-state index contributed by atoms with van der Waals surface area (Å²) in [6.07, 6.45) is 0.846. The number of nitrogens with two attached hydrogens (primary N) is 1. The third kappa shape index (κ3) is 2.16. The highest BCUT2D eigenvalue weighted by Crippen LogP contribution is 2.34. The number of nitrogen functional groups attached to an aromatic ring is 1. The Morgan fingerprint density at radius 3 is 2.61 bits per heavy atom. The highest BCUT2D eigenvalue weighted by molar-refractivity contribution is 6.32. The molecule has 0 atom stereocenters. The van der Waals surface area contributed by atoms with E-state index in [2.05, 4.69) is 12.0 Å². The molecular formula is C13H16ClN3O. The summed E-state index contributed by atoms with van der Waals surface area (Å²) >= 11 is 6.22. The smallest absolute Gasteiger partial charge is 0.140 e. The maximum absolute atomic E-state index is 6.22. The molecule has 18 heavy (non-hydrogen) atoms. The number of nitrogens with zero attached hydrogens (tertiary/aromatic N) is 2. The van der Waals surface area contributed by atoms with Crippen LogP contribution in [0.2, 0.25) is 5.02 Å². The van der Waals surface area contributed by atoms with Gasteiger partial charge in [-0.25, -0.2) is 0 Å². The molecule has 0 saturated heterocycles. The van der Waals surface area contributed by atoms with Gasteiger partial charge in [-0.3, -0.25) is 4.68 Å². The molecule has 5 heteroatoms. The lowest BCUT2D eigenvalue weighted by Gasteiger charge is -2.10. The molecule has 96 valence electrons. The van der Waals surface area contributed by atoms with Crippen LogP contribution in [0.3, 0.4) is 0 Å². The summed E-state index contributed by atoms with van der Waals surface area (Å²) in [7, 11) is 3.43. The maximum Gasteiger partial charge on any atom is 0.140 e. The summed E-state index contributed by atoms with van der Waals surface area (Å²) in [6.45, 7) is 2.06. The summed E-state index contributed by atoms with van der Waals surface area (Å²) in [4.78, 5) is 0. The fourth-order valence-corrected chi connectivity index (χ4v) is 2.23. The molecule has 0 unspecified atom stereocenters. The molecule has 0 aliphatic carbocycles. The Bertz CT molecular complexity index is 558. The summed E-state index contributed by atoms with van der Waals surface area (Å²) in [5, 5.41) is 4.94. The van der Waals surface area contributed by atoms with E-state index in [1.807, 2.05) is 25.2 Å². The molecular weight excluding hydrogens is 250 g/mol. The van der Waals surface area contributed by atoms with E-state index < -0.39 is 0 Å². The van der Waals surface area contributed by atoms with E-state index in [1.165, 1.54) is 0 Å². The van der Waals surface area contributed by atoms with Crippen LogP contribution in [-0.2, 0) is 13.5 Å². The molecule has 0 saturated carbocycles. The van der Waals surface area contributed by atoms with Gasteiger partial charge < -0.3 is 10.5 Å². The molecule has 0 aliphatic rings. The van der Waals surface area contributed by atoms with Crippen molar-refractivity contribution >= 4 is 17.4 Å². The molecule has 1 aromatic heterocycles. The van der Waals surface area contributed by atoms with Gasteiger partial charge >= 0.3 is 0 Å². The fourth-order valence-electron chi connectivity index (χ4n) is 1.91. The molecule has 0 fully saturated rings. The van der Waals surface area contributed by atoms with E-state index in [-0.39, 0.29) is 0 Å². The van der Waals surface area contributed by atoms with Crippen molar-refractivity contribution in [3.05, 3.63) is 28.8 Å². The topological polar surface area (TPSA) is 53.1 Å². The normalized spacial score (nSPS) is 10.7. The van der Waals surface area contributed by atoms with E-state index in [1.54, 1.807) is 11.8 Å². The fraction of sp³-hybridized carbons (Fsp3) is 0.308. The third-order valence-electron chi connectivity index (χ3n) is 2.92. The van der Waals surface area contributed by atoms with Crippen molar-refractivity contribution in [2.75, 3.05) is 12.8 Å². The van der Waals surface area contributed by atoms with Crippen LogP contribution in [0.15, 0.2) is 18.2 Å². The average molecular weight is 266 g/mol. The summed E-state index contributed by atoms with van der Waals surface area (Å²) in [5.74, 6) is 1.35. The first-order valence-corrected chi connectivity index (χ1v) is 6.11. The second-order valence-electron chi connectivity index (χ2n) is 4.08. The molecule has 1 heterocycles. The van der Waals surface area contributed by atoms with Gasteiger partial charge in [0, 0.05) is 18.7 Å². The Balaban J connectivity index is 2.55. The Labute approximate surface area is 111 Å². The SMILES string of the molecule is CCc1cc(-c2cc(N)n(C)n2)cc(Cl)c1OC. The average Bonchev–Trinajstić information content (AvgIpc) is 2.68. The lowest BCUT2D eigenvalue weighted by molar-refractivity contribution is 0.410. The molecule has 4 nitrogen and oxygen atoms in total. The van der Waals surface area contributed by atoms with E-state index in [9.17, 15) is 0 Å². The van der Waals surface area contributed by atoms with Crippen molar-refractivity contribution in [2.24, 2.45) is 7.05 Å². The summed E-state index contributed by atoms with van der Waals surface area (Å²) < 4.78 is 6.94. The lowest BCUT2D eigenvalue weighted by Crippen LogP contribution is -1.97. The zero-order chi connectivity index (χ0) is 13.3. The number of benzene rings is 1. The van der Waals surface area contributed by atoms with Crippen molar-refractivity contribution in [2.45, 2.75) is 13.3 Å². The Morgan fingerprint density at radius 2 is 2.11 bits per heavy atom.